The molecule has 30 heavy (non-hydrogen) atoms. The molecule has 3 amide bonds. The highest BCUT2D eigenvalue weighted by atomic mass is 19.1. The maximum absolute atomic E-state index is 13.1. The summed E-state index contributed by atoms with van der Waals surface area (Å²) in [5.74, 6) is 0.371. The fourth-order valence-corrected chi connectivity index (χ4v) is 3.38. The number of anilines is 1. The molecule has 0 spiro atoms. The van der Waals surface area contributed by atoms with Gasteiger partial charge in [0.25, 0.3) is 0 Å². The minimum Gasteiger partial charge on any atom is -0.357 e. The highest BCUT2D eigenvalue weighted by Gasteiger charge is 2.12. The molecule has 1 aromatic carbocycles. The summed E-state index contributed by atoms with van der Waals surface area (Å²) in [6, 6.07) is 9.54. The number of hydrogen-bond acceptors (Lipinski definition) is 4. The van der Waals surface area contributed by atoms with Crippen molar-refractivity contribution in [3.63, 3.8) is 0 Å². The summed E-state index contributed by atoms with van der Waals surface area (Å²) >= 11 is 0. The van der Waals surface area contributed by atoms with Crippen LogP contribution in [0.5, 0.6) is 0 Å². The first-order valence-electron chi connectivity index (χ1n) is 10.3. The Balaban J connectivity index is 1.32. The van der Waals surface area contributed by atoms with Crippen LogP contribution >= 0.6 is 0 Å². The lowest BCUT2D eigenvalue weighted by atomic mass is 10.1. The number of nitrogens with one attached hydrogen (secondary N) is 3. The maximum Gasteiger partial charge on any atom is 0.315 e. The molecule has 0 atom stereocenters. The lowest BCUT2D eigenvalue weighted by Gasteiger charge is -2.27. The Bertz CT molecular complexity index is 855. The molecular weight excluding hydrogens is 385 g/mol. The SMILES string of the molecule is O=C(Cc1cccc(F)c1)NCCNC(=O)NCc1ccnc(N2CCCCC2)c1. The van der Waals surface area contributed by atoms with Crippen LogP contribution in [0.1, 0.15) is 30.4 Å². The van der Waals surface area contributed by atoms with Gasteiger partial charge >= 0.3 is 6.03 Å². The zero-order chi connectivity index (χ0) is 21.2. The average molecular weight is 413 g/mol. The highest BCUT2D eigenvalue weighted by Crippen LogP contribution is 2.18. The van der Waals surface area contributed by atoms with Crippen molar-refractivity contribution in [2.45, 2.75) is 32.2 Å². The van der Waals surface area contributed by atoms with Crippen molar-refractivity contribution in [1.82, 2.24) is 20.9 Å². The fraction of sp³-hybridized carbons (Fsp3) is 0.409. The second-order valence-electron chi connectivity index (χ2n) is 7.34. The van der Waals surface area contributed by atoms with E-state index in [1.165, 1.54) is 31.4 Å². The van der Waals surface area contributed by atoms with Crippen LogP contribution in [-0.2, 0) is 17.8 Å². The Kier molecular flexibility index (Phi) is 8.00. The number of piperidine rings is 1. The van der Waals surface area contributed by atoms with Gasteiger partial charge in [-0.25, -0.2) is 14.2 Å². The van der Waals surface area contributed by atoms with Crippen molar-refractivity contribution >= 4 is 17.8 Å². The molecular formula is C22H28FN5O2. The van der Waals surface area contributed by atoms with Crippen molar-refractivity contribution in [1.29, 1.82) is 0 Å². The molecule has 0 aliphatic carbocycles. The van der Waals surface area contributed by atoms with Crippen molar-refractivity contribution in [2.75, 3.05) is 31.1 Å². The molecule has 1 aliphatic heterocycles. The van der Waals surface area contributed by atoms with Crippen LogP contribution in [0.2, 0.25) is 0 Å². The fourth-order valence-electron chi connectivity index (χ4n) is 3.38. The van der Waals surface area contributed by atoms with Gasteiger partial charge < -0.3 is 20.9 Å². The number of nitrogens with zero attached hydrogens (tertiary/aromatic N) is 2. The maximum atomic E-state index is 13.1. The van der Waals surface area contributed by atoms with Crippen molar-refractivity contribution in [3.05, 3.63) is 59.5 Å². The zero-order valence-electron chi connectivity index (χ0n) is 17.0. The van der Waals surface area contributed by atoms with E-state index in [2.05, 4.69) is 25.8 Å². The second kappa shape index (κ2) is 11.1. The predicted molar refractivity (Wildman–Crippen MR) is 114 cm³/mol. The van der Waals surface area contributed by atoms with Gasteiger partial charge in [0, 0.05) is 38.9 Å². The quantitative estimate of drug-likeness (QED) is 0.580. The van der Waals surface area contributed by atoms with Gasteiger partial charge in [-0.15, -0.1) is 0 Å². The first kappa shape index (κ1) is 21.5. The van der Waals surface area contributed by atoms with E-state index in [-0.39, 0.29) is 24.2 Å². The lowest BCUT2D eigenvalue weighted by molar-refractivity contribution is -0.120. The molecule has 3 rings (SSSR count). The number of carbonyl (C=O) groups is 2. The zero-order valence-corrected chi connectivity index (χ0v) is 17.0. The summed E-state index contributed by atoms with van der Waals surface area (Å²) in [6.45, 7) is 3.05. The predicted octanol–water partition coefficient (Wildman–Crippen LogP) is 2.37. The van der Waals surface area contributed by atoms with E-state index >= 15 is 0 Å². The van der Waals surface area contributed by atoms with Crippen molar-refractivity contribution in [2.24, 2.45) is 0 Å². The van der Waals surface area contributed by atoms with Crippen molar-refractivity contribution in [3.8, 4) is 0 Å². The molecule has 7 nitrogen and oxygen atoms in total. The molecule has 0 saturated carbocycles. The number of benzene rings is 1. The number of aromatic nitrogens is 1. The topological polar surface area (TPSA) is 86.4 Å². The van der Waals surface area contributed by atoms with Gasteiger partial charge in [0.05, 0.1) is 6.42 Å². The standard InChI is InChI=1S/C22H28FN5O2/c23-19-6-4-5-17(13-19)15-21(29)25-9-10-26-22(30)27-16-18-7-8-24-20(14-18)28-11-2-1-3-12-28/h4-8,13-14H,1-3,9-12,15-16H2,(H,25,29)(H2,26,27,30). The molecule has 8 heteroatoms. The van der Waals surface area contributed by atoms with Crippen LogP contribution < -0.4 is 20.9 Å². The number of halogens is 1. The number of rotatable bonds is 8. The Morgan fingerprint density at radius 3 is 2.57 bits per heavy atom. The molecule has 0 bridgehead atoms. The Morgan fingerprint density at radius 2 is 1.77 bits per heavy atom. The Morgan fingerprint density at radius 1 is 0.967 bits per heavy atom. The minimum absolute atomic E-state index is 0.103. The smallest absolute Gasteiger partial charge is 0.315 e. The van der Waals surface area contributed by atoms with Crippen LogP contribution in [0.15, 0.2) is 42.6 Å². The van der Waals surface area contributed by atoms with Gasteiger partial charge in [0.15, 0.2) is 0 Å². The molecule has 1 aromatic heterocycles. The van der Waals surface area contributed by atoms with E-state index in [4.69, 9.17) is 0 Å². The van der Waals surface area contributed by atoms with Gasteiger partial charge in [-0.1, -0.05) is 12.1 Å². The van der Waals surface area contributed by atoms with Crippen LogP contribution in [0, 0.1) is 5.82 Å². The third-order valence-corrected chi connectivity index (χ3v) is 4.93. The summed E-state index contributed by atoms with van der Waals surface area (Å²) in [7, 11) is 0. The molecule has 2 aromatic rings. The summed E-state index contributed by atoms with van der Waals surface area (Å²) in [5, 5.41) is 8.23. The number of urea groups is 1. The van der Waals surface area contributed by atoms with E-state index in [0.717, 1.165) is 24.5 Å². The number of carbonyl (C=O) groups excluding carboxylic acids is 2. The second-order valence-corrected chi connectivity index (χ2v) is 7.34. The van der Waals surface area contributed by atoms with E-state index in [9.17, 15) is 14.0 Å². The average Bonchev–Trinajstić information content (AvgIpc) is 2.76. The number of amides is 3. The largest absolute Gasteiger partial charge is 0.357 e. The summed E-state index contributed by atoms with van der Waals surface area (Å²) in [5.41, 5.74) is 1.60. The molecule has 1 aliphatic rings. The van der Waals surface area contributed by atoms with Gasteiger partial charge in [0.2, 0.25) is 5.91 Å². The number of pyridine rings is 1. The van der Waals surface area contributed by atoms with Gasteiger partial charge in [0.1, 0.15) is 11.6 Å². The molecule has 0 unspecified atom stereocenters. The van der Waals surface area contributed by atoms with Crippen LogP contribution in [-0.4, -0.2) is 43.1 Å². The Labute approximate surface area is 176 Å². The molecule has 1 saturated heterocycles. The van der Waals surface area contributed by atoms with Crippen LogP contribution in [0.25, 0.3) is 0 Å². The highest BCUT2D eigenvalue weighted by molar-refractivity contribution is 5.78. The van der Waals surface area contributed by atoms with E-state index < -0.39 is 0 Å². The first-order chi connectivity index (χ1) is 14.6. The summed E-state index contributed by atoms with van der Waals surface area (Å²) in [6.07, 6.45) is 5.51. The molecule has 2 heterocycles. The first-order valence-corrected chi connectivity index (χ1v) is 10.3. The van der Waals surface area contributed by atoms with Gasteiger partial charge in [-0.2, -0.15) is 0 Å². The Hall–Kier alpha value is -3.16. The minimum atomic E-state index is -0.365. The molecule has 1 fully saturated rings. The molecule has 3 N–H and O–H groups in total. The summed E-state index contributed by atoms with van der Waals surface area (Å²) < 4.78 is 13.1. The van der Waals surface area contributed by atoms with Gasteiger partial charge in [-0.3, -0.25) is 4.79 Å². The monoisotopic (exact) mass is 413 g/mol. The molecule has 160 valence electrons. The van der Waals surface area contributed by atoms with E-state index in [1.807, 2.05) is 12.1 Å². The van der Waals surface area contributed by atoms with E-state index in [0.29, 0.717) is 25.2 Å². The van der Waals surface area contributed by atoms with Gasteiger partial charge in [-0.05, 0) is 54.7 Å². The number of hydrogen-bond donors (Lipinski definition) is 3. The van der Waals surface area contributed by atoms with Crippen LogP contribution in [0.4, 0.5) is 15.0 Å². The molecule has 0 radical (unpaired) electrons. The normalized spacial score (nSPS) is 13.6. The summed E-state index contributed by atoms with van der Waals surface area (Å²) in [4.78, 5) is 30.6. The van der Waals surface area contributed by atoms with Crippen molar-refractivity contribution < 1.29 is 14.0 Å². The lowest BCUT2D eigenvalue weighted by Crippen LogP contribution is -2.40. The third-order valence-electron chi connectivity index (χ3n) is 4.93. The van der Waals surface area contributed by atoms with Crippen LogP contribution in [0.3, 0.4) is 0 Å². The van der Waals surface area contributed by atoms with E-state index in [1.54, 1.807) is 18.3 Å². The third kappa shape index (κ3) is 7.02.